The molecule has 98 valence electrons. The standard InChI is InChI=1S/C9H10.C7H12O2/c1-3-9-7-5-4-6-8(9)2;1-3-4-5-6(2)7(8)9/h3-7H,1H2,2H3;2-5H2,1H3,(H,8,9). The van der Waals surface area contributed by atoms with Crippen LogP contribution in [-0.2, 0) is 4.79 Å². The van der Waals surface area contributed by atoms with Crippen LogP contribution >= 0.6 is 0 Å². The SMILES string of the molecule is C=C(CCCC)C(=O)O.C=Cc1ccccc1C. The summed E-state index contributed by atoms with van der Waals surface area (Å²) in [5, 5.41) is 8.31. The van der Waals surface area contributed by atoms with Gasteiger partial charge in [0.1, 0.15) is 0 Å². The molecule has 0 atom stereocenters. The first-order valence-electron chi connectivity index (χ1n) is 6.12. The molecule has 18 heavy (non-hydrogen) atoms. The molecule has 0 aromatic heterocycles. The second-order valence-corrected chi connectivity index (χ2v) is 4.07. The number of aliphatic carboxylic acids is 1. The number of benzene rings is 1. The molecule has 0 saturated heterocycles. The second-order valence-electron chi connectivity index (χ2n) is 4.07. The molecule has 0 unspecified atom stereocenters. The van der Waals surface area contributed by atoms with Crippen LogP contribution in [-0.4, -0.2) is 11.1 Å². The van der Waals surface area contributed by atoms with Gasteiger partial charge < -0.3 is 5.11 Å². The molecular weight excluding hydrogens is 224 g/mol. The fraction of sp³-hybridized carbons (Fsp3) is 0.312. The lowest BCUT2D eigenvalue weighted by Gasteiger charge is -1.95. The van der Waals surface area contributed by atoms with Crippen LogP contribution in [0.4, 0.5) is 0 Å². The zero-order valence-corrected chi connectivity index (χ0v) is 11.3. The van der Waals surface area contributed by atoms with Gasteiger partial charge in [0.05, 0.1) is 0 Å². The van der Waals surface area contributed by atoms with Gasteiger partial charge in [0.25, 0.3) is 0 Å². The van der Waals surface area contributed by atoms with E-state index in [2.05, 4.69) is 32.2 Å². The predicted octanol–water partition coefficient (Wildman–Crippen LogP) is 4.46. The van der Waals surface area contributed by atoms with Gasteiger partial charge in [-0.2, -0.15) is 0 Å². The van der Waals surface area contributed by atoms with Gasteiger partial charge in [0.2, 0.25) is 0 Å². The van der Waals surface area contributed by atoms with Gasteiger partial charge in [-0.25, -0.2) is 4.79 Å². The van der Waals surface area contributed by atoms with Crippen molar-refractivity contribution >= 4 is 12.0 Å². The van der Waals surface area contributed by atoms with Gasteiger partial charge in [0, 0.05) is 5.57 Å². The van der Waals surface area contributed by atoms with E-state index < -0.39 is 5.97 Å². The highest BCUT2D eigenvalue weighted by Crippen LogP contribution is 2.06. The molecule has 0 aliphatic carbocycles. The largest absolute Gasteiger partial charge is 0.478 e. The zero-order valence-electron chi connectivity index (χ0n) is 11.3. The number of hydrogen-bond acceptors (Lipinski definition) is 1. The Balaban J connectivity index is 0.000000321. The third-order valence-electron chi connectivity index (χ3n) is 2.54. The fourth-order valence-corrected chi connectivity index (χ4v) is 1.31. The maximum atomic E-state index is 10.1. The van der Waals surface area contributed by atoms with Crippen molar-refractivity contribution in [2.24, 2.45) is 0 Å². The molecule has 2 heteroatoms. The summed E-state index contributed by atoms with van der Waals surface area (Å²) in [5.74, 6) is -0.872. The van der Waals surface area contributed by atoms with E-state index in [4.69, 9.17) is 5.11 Å². The summed E-state index contributed by atoms with van der Waals surface area (Å²) in [6.07, 6.45) is 4.43. The fourth-order valence-electron chi connectivity index (χ4n) is 1.31. The Morgan fingerprint density at radius 3 is 2.39 bits per heavy atom. The highest BCUT2D eigenvalue weighted by molar-refractivity contribution is 5.85. The van der Waals surface area contributed by atoms with Crippen molar-refractivity contribution in [1.29, 1.82) is 0 Å². The monoisotopic (exact) mass is 246 g/mol. The summed E-state index contributed by atoms with van der Waals surface area (Å²) in [6.45, 7) is 11.2. The third-order valence-corrected chi connectivity index (χ3v) is 2.54. The first-order valence-corrected chi connectivity index (χ1v) is 6.12. The molecule has 1 rings (SSSR count). The Kier molecular flexibility index (Phi) is 8.29. The average Bonchev–Trinajstić information content (AvgIpc) is 2.37. The summed E-state index contributed by atoms with van der Waals surface area (Å²) in [6, 6.07) is 8.19. The van der Waals surface area contributed by atoms with Gasteiger partial charge in [0.15, 0.2) is 0 Å². The van der Waals surface area contributed by atoms with Gasteiger partial charge in [-0.05, 0) is 30.9 Å². The van der Waals surface area contributed by atoms with Crippen molar-refractivity contribution in [3.8, 4) is 0 Å². The van der Waals surface area contributed by atoms with Crippen LogP contribution in [0.1, 0.15) is 37.3 Å². The normalized spacial score (nSPS) is 9.00. The maximum Gasteiger partial charge on any atom is 0.330 e. The molecule has 0 radical (unpaired) electrons. The van der Waals surface area contributed by atoms with Crippen molar-refractivity contribution in [2.75, 3.05) is 0 Å². The Morgan fingerprint density at radius 2 is 2.00 bits per heavy atom. The molecule has 1 aromatic carbocycles. The molecule has 0 amide bonds. The smallest absolute Gasteiger partial charge is 0.330 e. The average molecular weight is 246 g/mol. The van der Waals surface area contributed by atoms with Crippen LogP contribution in [0.3, 0.4) is 0 Å². The number of rotatable bonds is 5. The highest BCUT2D eigenvalue weighted by Gasteiger charge is 2.00. The van der Waals surface area contributed by atoms with E-state index in [0.29, 0.717) is 12.0 Å². The molecule has 0 bridgehead atoms. The Labute approximate surface area is 110 Å². The Hall–Kier alpha value is -1.83. The lowest BCUT2D eigenvalue weighted by molar-refractivity contribution is -0.132. The molecule has 2 nitrogen and oxygen atoms in total. The number of unbranched alkanes of at least 4 members (excludes halogenated alkanes) is 1. The maximum absolute atomic E-state index is 10.1. The quantitative estimate of drug-likeness (QED) is 0.779. The number of hydrogen-bond donors (Lipinski definition) is 1. The van der Waals surface area contributed by atoms with E-state index in [9.17, 15) is 4.79 Å². The highest BCUT2D eigenvalue weighted by atomic mass is 16.4. The molecular formula is C16H22O2. The topological polar surface area (TPSA) is 37.3 Å². The Morgan fingerprint density at radius 1 is 1.39 bits per heavy atom. The van der Waals surface area contributed by atoms with Crippen LogP contribution in [0.15, 0.2) is 43.0 Å². The number of carboxylic acids is 1. The van der Waals surface area contributed by atoms with Crippen LogP contribution < -0.4 is 0 Å². The number of carbonyl (C=O) groups is 1. The molecule has 1 N–H and O–H groups in total. The predicted molar refractivity (Wildman–Crippen MR) is 77.6 cm³/mol. The minimum Gasteiger partial charge on any atom is -0.478 e. The van der Waals surface area contributed by atoms with Crippen molar-refractivity contribution in [3.63, 3.8) is 0 Å². The molecule has 1 aromatic rings. The summed E-state index contributed by atoms with van der Waals surface area (Å²) in [7, 11) is 0. The van der Waals surface area contributed by atoms with Gasteiger partial charge in [-0.15, -0.1) is 0 Å². The number of aryl methyl sites for hydroxylation is 1. The van der Waals surface area contributed by atoms with Crippen molar-refractivity contribution in [3.05, 3.63) is 54.1 Å². The minimum atomic E-state index is -0.872. The molecule has 0 saturated carbocycles. The van der Waals surface area contributed by atoms with E-state index >= 15 is 0 Å². The third kappa shape index (κ3) is 6.69. The lowest BCUT2D eigenvalue weighted by Crippen LogP contribution is -1.97. The second kappa shape index (κ2) is 9.23. The van der Waals surface area contributed by atoms with Crippen LogP contribution in [0, 0.1) is 6.92 Å². The van der Waals surface area contributed by atoms with Crippen molar-refractivity contribution < 1.29 is 9.90 Å². The minimum absolute atomic E-state index is 0.317. The van der Waals surface area contributed by atoms with Crippen molar-refractivity contribution in [1.82, 2.24) is 0 Å². The molecule has 0 aliphatic heterocycles. The molecule has 0 aliphatic rings. The molecule has 0 fully saturated rings. The summed E-state index contributed by atoms with van der Waals surface area (Å²) in [5.41, 5.74) is 2.82. The summed E-state index contributed by atoms with van der Waals surface area (Å²) < 4.78 is 0. The van der Waals surface area contributed by atoms with E-state index in [1.165, 1.54) is 11.1 Å². The zero-order chi connectivity index (χ0) is 14.0. The summed E-state index contributed by atoms with van der Waals surface area (Å²) >= 11 is 0. The lowest BCUT2D eigenvalue weighted by atomic mass is 10.1. The molecule has 0 spiro atoms. The van der Waals surface area contributed by atoms with E-state index in [1.54, 1.807) is 0 Å². The van der Waals surface area contributed by atoms with E-state index in [-0.39, 0.29) is 0 Å². The van der Waals surface area contributed by atoms with E-state index in [1.807, 2.05) is 25.1 Å². The van der Waals surface area contributed by atoms with Crippen LogP contribution in [0.2, 0.25) is 0 Å². The first kappa shape index (κ1) is 16.2. The van der Waals surface area contributed by atoms with E-state index in [0.717, 1.165) is 12.8 Å². The van der Waals surface area contributed by atoms with Crippen LogP contribution in [0.25, 0.3) is 6.08 Å². The summed E-state index contributed by atoms with van der Waals surface area (Å²) in [4.78, 5) is 10.1. The van der Waals surface area contributed by atoms with Gasteiger partial charge in [-0.3, -0.25) is 0 Å². The number of carboxylic acid groups (broad SMARTS) is 1. The van der Waals surface area contributed by atoms with Gasteiger partial charge >= 0.3 is 5.97 Å². The van der Waals surface area contributed by atoms with Gasteiger partial charge in [-0.1, -0.05) is 56.8 Å². The van der Waals surface area contributed by atoms with Crippen LogP contribution in [0.5, 0.6) is 0 Å². The molecule has 0 heterocycles. The first-order chi connectivity index (χ1) is 8.52. The van der Waals surface area contributed by atoms with Crippen molar-refractivity contribution in [2.45, 2.75) is 33.1 Å². The Bertz CT molecular complexity index is 405.